The van der Waals surface area contributed by atoms with Gasteiger partial charge in [0.15, 0.2) is 5.65 Å². The Kier molecular flexibility index (Phi) is 4.13. The summed E-state index contributed by atoms with van der Waals surface area (Å²) in [4.78, 5) is 15.7. The quantitative estimate of drug-likeness (QED) is 0.769. The first-order valence-corrected chi connectivity index (χ1v) is 8.66. The Morgan fingerprint density at radius 2 is 2.27 bits per heavy atom. The van der Waals surface area contributed by atoms with Crippen LogP contribution >= 0.6 is 0 Å². The number of hydrogen-bond donors (Lipinski definition) is 1. The third kappa shape index (κ3) is 2.92. The minimum absolute atomic E-state index is 0.463. The zero-order chi connectivity index (χ0) is 18.1. The number of aryl methyl sites for hydroxylation is 2. The minimum atomic E-state index is 0.463. The van der Waals surface area contributed by atoms with Crippen molar-refractivity contribution in [2.24, 2.45) is 13.0 Å². The molecule has 1 aliphatic rings. The lowest BCUT2D eigenvalue weighted by Crippen LogP contribution is -2.24. The molecular formula is C18H20N8. The second-order valence-electron chi connectivity index (χ2n) is 6.59. The molecule has 0 aromatic carbocycles. The number of pyridine rings is 1. The third-order valence-electron chi connectivity index (χ3n) is 4.76. The predicted octanol–water partition coefficient (Wildman–Crippen LogP) is 1.88. The molecule has 4 rings (SSSR count). The molecular weight excluding hydrogens is 328 g/mol. The molecule has 3 aromatic heterocycles. The van der Waals surface area contributed by atoms with Crippen molar-refractivity contribution in [3.63, 3.8) is 0 Å². The highest BCUT2D eigenvalue weighted by Crippen LogP contribution is 2.28. The summed E-state index contributed by atoms with van der Waals surface area (Å²) in [6, 6.07) is 5.72. The Morgan fingerprint density at radius 3 is 3.12 bits per heavy atom. The van der Waals surface area contributed by atoms with E-state index in [2.05, 4.69) is 36.3 Å². The van der Waals surface area contributed by atoms with Crippen LogP contribution in [0.15, 0.2) is 24.5 Å². The van der Waals surface area contributed by atoms with Gasteiger partial charge in [0.1, 0.15) is 23.5 Å². The molecule has 8 heteroatoms. The fourth-order valence-corrected chi connectivity index (χ4v) is 3.42. The number of hydrogen-bond acceptors (Lipinski definition) is 7. The molecule has 1 saturated heterocycles. The molecule has 0 saturated carbocycles. The summed E-state index contributed by atoms with van der Waals surface area (Å²) in [6.45, 7) is 4.54. The Balaban J connectivity index is 1.48. The summed E-state index contributed by atoms with van der Waals surface area (Å²) in [5.41, 5.74) is 1.44. The number of rotatable bonds is 4. The molecule has 0 spiro atoms. The summed E-state index contributed by atoms with van der Waals surface area (Å²) in [6.07, 6.45) is 4.60. The van der Waals surface area contributed by atoms with Crippen molar-refractivity contribution in [3.8, 4) is 6.07 Å². The maximum atomic E-state index is 9.17. The van der Waals surface area contributed by atoms with Gasteiger partial charge in [0, 0.05) is 32.9 Å². The van der Waals surface area contributed by atoms with E-state index in [0.717, 1.165) is 48.7 Å². The number of fused-ring (bicyclic) bond motifs is 1. The lowest BCUT2D eigenvalue weighted by molar-refractivity contribution is 0.621. The molecule has 1 atom stereocenters. The summed E-state index contributed by atoms with van der Waals surface area (Å²) in [7, 11) is 1.90. The van der Waals surface area contributed by atoms with E-state index in [0.29, 0.717) is 17.3 Å². The Hall–Kier alpha value is -3.21. The summed E-state index contributed by atoms with van der Waals surface area (Å²) in [5, 5.41) is 17.8. The molecule has 0 bridgehead atoms. The number of nitrogens with one attached hydrogen (secondary N) is 1. The lowest BCUT2D eigenvalue weighted by atomic mass is 10.1. The average molecular weight is 348 g/mol. The van der Waals surface area contributed by atoms with Crippen molar-refractivity contribution in [2.45, 2.75) is 13.3 Å². The fourth-order valence-electron chi connectivity index (χ4n) is 3.42. The molecule has 0 amide bonds. The van der Waals surface area contributed by atoms with Gasteiger partial charge in [-0.05, 0) is 31.4 Å². The Labute approximate surface area is 151 Å². The molecule has 0 radical (unpaired) electrons. The number of nitriles is 1. The van der Waals surface area contributed by atoms with Crippen LogP contribution < -0.4 is 10.2 Å². The van der Waals surface area contributed by atoms with Crippen LogP contribution in [0.2, 0.25) is 0 Å². The molecule has 0 aliphatic carbocycles. The lowest BCUT2D eigenvalue weighted by Gasteiger charge is -2.19. The number of nitrogens with zero attached hydrogens (tertiary/aromatic N) is 7. The first-order chi connectivity index (χ1) is 12.7. The van der Waals surface area contributed by atoms with Gasteiger partial charge in [0.05, 0.1) is 17.1 Å². The van der Waals surface area contributed by atoms with E-state index in [-0.39, 0.29) is 0 Å². The van der Waals surface area contributed by atoms with Crippen molar-refractivity contribution < 1.29 is 0 Å². The van der Waals surface area contributed by atoms with E-state index in [1.807, 2.05) is 20.2 Å². The van der Waals surface area contributed by atoms with Crippen molar-refractivity contribution in [3.05, 3.63) is 35.9 Å². The van der Waals surface area contributed by atoms with Crippen LogP contribution in [0.4, 0.5) is 11.6 Å². The smallest absolute Gasteiger partial charge is 0.163 e. The minimum Gasteiger partial charge on any atom is -0.369 e. The van der Waals surface area contributed by atoms with Crippen molar-refractivity contribution >= 4 is 22.7 Å². The zero-order valence-electron chi connectivity index (χ0n) is 14.8. The van der Waals surface area contributed by atoms with Gasteiger partial charge < -0.3 is 10.2 Å². The highest BCUT2D eigenvalue weighted by atomic mass is 15.3. The molecule has 4 heterocycles. The van der Waals surface area contributed by atoms with Gasteiger partial charge in [0.2, 0.25) is 0 Å². The van der Waals surface area contributed by atoms with Crippen molar-refractivity contribution in [2.75, 3.05) is 29.9 Å². The average Bonchev–Trinajstić information content (AvgIpc) is 3.27. The first kappa shape index (κ1) is 16.3. The summed E-state index contributed by atoms with van der Waals surface area (Å²) >= 11 is 0. The maximum absolute atomic E-state index is 9.17. The van der Waals surface area contributed by atoms with Crippen LogP contribution in [-0.2, 0) is 7.05 Å². The van der Waals surface area contributed by atoms with E-state index < -0.39 is 0 Å². The molecule has 26 heavy (non-hydrogen) atoms. The van der Waals surface area contributed by atoms with Crippen LogP contribution in [0.5, 0.6) is 0 Å². The predicted molar refractivity (Wildman–Crippen MR) is 98.8 cm³/mol. The van der Waals surface area contributed by atoms with Crippen LogP contribution in [0.1, 0.15) is 17.8 Å². The van der Waals surface area contributed by atoms with E-state index in [9.17, 15) is 0 Å². The Morgan fingerprint density at radius 1 is 1.38 bits per heavy atom. The second-order valence-corrected chi connectivity index (χ2v) is 6.59. The molecule has 1 aliphatic heterocycles. The van der Waals surface area contributed by atoms with Crippen LogP contribution in [0.3, 0.4) is 0 Å². The van der Waals surface area contributed by atoms with E-state index in [1.165, 1.54) is 0 Å². The molecule has 3 aromatic rings. The van der Waals surface area contributed by atoms with E-state index in [1.54, 1.807) is 23.0 Å². The monoisotopic (exact) mass is 348 g/mol. The highest BCUT2D eigenvalue weighted by Gasteiger charge is 2.26. The number of anilines is 2. The topological polar surface area (TPSA) is 95.5 Å². The van der Waals surface area contributed by atoms with E-state index in [4.69, 9.17) is 5.26 Å². The largest absolute Gasteiger partial charge is 0.369 e. The number of aromatic nitrogens is 5. The summed E-state index contributed by atoms with van der Waals surface area (Å²) < 4.78 is 1.78. The molecule has 1 fully saturated rings. The van der Waals surface area contributed by atoms with Gasteiger partial charge in [-0.25, -0.2) is 15.0 Å². The van der Waals surface area contributed by atoms with Gasteiger partial charge in [-0.1, -0.05) is 0 Å². The standard InChI is InChI=1S/C18H20N8/c1-12-23-17-15(10-22-25(17)2)18(24-12)26-7-5-13(11-26)9-21-16-14(8-19)4-3-6-20-16/h3-4,6,10,13H,5,7,9,11H2,1-2H3,(H,20,21). The van der Waals surface area contributed by atoms with Gasteiger partial charge in [-0.15, -0.1) is 0 Å². The van der Waals surface area contributed by atoms with Crippen LogP contribution in [0, 0.1) is 24.2 Å². The molecule has 132 valence electrons. The van der Waals surface area contributed by atoms with Gasteiger partial charge in [0.25, 0.3) is 0 Å². The van der Waals surface area contributed by atoms with E-state index >= 15 is 0 Å². The normalized spacial score (nSPS) is 16.8. The molecule has 1 N–H and O–H groups in total. The SMILES string of the molecule is Cc1nc(N2CCC(CNc3ncccc3C#N)C2)c2cnn(C)c2n1. The Bertz CT molecular complexity index is 987. The van der Waals surface area contributed by atoms with Crippen molar-refractivity contribution in [1.29, 1.82) is 5.26 Å². The maximum Gasteiger partial charge on any atom is 0.163 e. The van der Waals surface area contributed by atoms with Crippen LogP contribution in [-0.4, -0.2) is 44.4 Å². The fraction of sp³-hybridized carbons (Fsp3) is 0.389. The first-order valence-electron chi connectivity index (χ1n) is 8.66. The molecule has 8 nitrogen and oxygen atoms in total. The summed E-state index contributed by atoms with van der Waals surface area (Å²) in [5.74, 6) is 2.83. The second kappa shape index (κ2) is 6.59. The third-order valence-corrected chi connectivity index (χ3v) is 4.76. The van der Waals surface area contributed by atoms with Gasteiger partial charge in [-0.3, -0.25) is 4.68 Å². The zero-order valence-corrected chi connectivity index (χ0v) is 14.8. The van der Waals surface area contributed by atoms with Crippen molar-refractivity contribution in [1.82, 2.24) is 24.7 Å². The van der Waals surface area contributed by atoms with Crippen LogP contribution in [0.25, 0.3) is 11.0 Å². The molecule has 1 unspecified atom stereocenters. The van der Waals surface area contributed by atoms with Gasteiger partial charge >= 0.3 is 0 Å². The highest BCUT2D eigenvalue weighted by molar-refractivity contribution is 5.87. The van der Waals surface area contributed by atoms with Gasteiger partial charge in [-0.2, -0.15) is 10.4 Å².